The summed E-state index contributed by atoms with van der Waals surface area (Å²) in [5.41, 5.74) is 0.120. The average molecular weight is 404 g/mol. The molecule has 0 aliphatic heterocycles. The number of nitrogens with zero attached hydrogens (tertiary/aromatic N) is 2. The minimum absolute atomic E-state index is 0.0659. The highest BCUT2D eigenvalue weighted by molar-refractivity contribution is 5.46. The van der Waals surface area contributed by atoms with Gasteiger partial charge in [0.2, 0.25) is 0 Å². The Morgan fingerprint density at radius 3 is 1.93 bits per heavy atom. The van der Waals surface area contributed by atoms with Crippen LogP contribution in [0.25, 0.3) is 0 Å². The normalized spacial score (nSPS) is 9.86. The van der Waals surface area contributed by atoms with E-state index in [0.29, 0.717) is 6.07 Å². The van der Waals surface area contributed by atoms with Crippen molar-refractivity contribution in [2.45, 2.75) is 6.61 Å². The fourth-order valence-electron chi connectivity index (χ4n) is 2.14. The largest absolute Gasteiger partial charge is 0.502 e. The number of phenolic OH excluding ortho intramolecular Hbond substituents is 1. The van der Waals surface area contributed by atoms with Crippen molar-refractivity contribution in [3.05, 3.63) is 104 Å². The summed E-state index contributed by atoms with van der Waals surface area (Å²) in [5, 5.41) is 29.6. The summed E-state index contributed by atoms with van der Waals surface area (Å²) in [5.74, 6) is -1.99. The molecular formula is C19H14F2N2O6. The van der Waals surface area contributed by atoms with Crippen LogP contribution in [0.2, 0.25) is 0 Å². The fraction of sp³-hybridized carbons (Fsp3) is 0.0526. The van der Waals surface area contributed by atoms with Crippen LogP contribution < -0.4 is 4.74 Å². The molecule has 0 aromatic heterocycles. The third kappa shape index (κ3) is 6.24. The van der Waals surface area contributed by atoms with E-state index in [4.69, 9.17) is 9.84 Å². The number of ether oxygens (including phenoxy) is 1. The standard InChI is InChI=1S/C13H10FNO3.C6H4FNO3/c14-11-6-7-12(15(16)17)13(8-11)18-9-10-4-2-1-3-5-10;7-4-1-2-5(8(10)11)6(9)3-4/h1-8H,9H2;1-3,9H. The number of benzene rings is 3. The van der Waals surface area contributed by atoms with Crippen LogP contribution in [0.3, 0.4) is 0 Å². The maximum atomic E-state index is 13.0. The summed E-state index contributed by atoms with van der Waals surface area (Å²) < 4.78 is 30.5. The lowest BCUT2D eigenvalue weighted by atomic mass is 10.2. The Balaban J connectivity index is 0.000000234. The van der Waals surface area contributed by atoms with E-state index in [0.717, 1.165) is 35.9 Å². The molecule has 150 valence electrons. The van der Waals surface area contributed by atoms with Crippen molar-refractivity contribution in [1.29, 1.82) is 0 Å². The van der Waals surface area contributed by atoms with Crippen molar-refractivity contribution in [2.24, 2.45) is 0 Å². The summed E-state index contributed by atoms with van der Waals surface area (Å²) >= 11 is 0. The molecule has 0 unspecified atom stereocenters. The lowest BCUT2D eigenvalue weighted by Crippen LogP contribution is -1.99. The van der Waals surface area contributed by atoms with Gasteiger partial charge in [-0.1, -0.05) is 30.3 Å². The van der Waals surface area contributed by atoms with Crippen LogP contribution in [0.15, 0.2) is 66.7 Å². The Kier molecular flexibility index (Phi) is 7.13. The Labute approximate surface area is 162 Å². The van der Waals surface area contributed by atoms with Crippen LogP contribution in [0, 0.1) is 31.9 Å². The molecule has 3 aromatic rings. The van der Waals surface area contributed by atoms with E-state index in [1.165, 1.54) is 0 Å². The van der Waals surface area contributed by atoms with Crippen molar-refractivity contribution in [3.63, 3.8) is 0 Å². The van der Waals surface area contributed by atoms with Crippen molar-refractivity contribution < 1.29 is 28.5 Å². The first-order valence-corrected chi connectivity index (χ1v) is 8.01. The van der Waals surface area contributed by atoms with Gasteiger partial charge in [-0.15, -0.1) is 0 Å². The quantitative estimate of drug-likeness (QED) is 0.484. The summed E-state index contributed by atoms with van der Waals surface area (Å²) in [7, 11) is 0. The summed E-state index contributed by atoms with van der Waals surface area (Å²) in [6, 6.07) is 14.8. The van der Waals surface area contributed by atoms with E-state index >= 15 is 0 Å². The van der Waals surface area contributed by atoms with Crippen molar-refractivity contribution in [3.8, 4) is 11.5 Å². The lowest BCUT2D eigenvalue weighted by Gasteiger charge is -2.06. The molecule has 0 atom stereocenters. The van der Waals surface area contributed by atoms with Gasteiger partial charge in [0.1, 0.15) is 18.2 Å². The minimum atomic E-state index is -0.783. The van der Waals surface area contributed by atoms with Gasteiger partial charge in [0.05, 0.1) is 9.85 Å². The number of hydrogen-bond donors (Lipinski definition) is 1. The van der Waals surface area contributed by atoms with E-state index in [9.17, 15) is 29.0 Å². The Morgan fingerprint density at radius 2 is 1.38 bits per heavy atom. The third-order valence-electron chi connectivity index (χ3n) is 3.49. The molecule has 0 aliphatic rings. The molecule has 0 fully saturated rings. The van der Waals surface area contributed by atoms with Gasteiger partial charge in [0, 0.05) is 24.3 Å². The molecular weight excluding hydrogens is 390 g/mol. The second-order valence-electron chi connectivity index (χ2n) is 5.53. The first-order chi connectivity index (χ1) is 13.8. The Bertz CT molecular complexity index is 1010. The molecule has 0 spiro atoms. The van der Waals surface area contributed by atoms with E-state index in [1.54, 1.807) is 0 Å². The fourth-order valence-corrected chi connectivity index (χ4v) is 2.14. The predicted octanol–water partition coefficient (Wildman–Crippen LogP) is 4.75. The van der Waals surface area contributed by atoms with E-state index in [1.807, 2.05) is 30.3 Å². The van der Waals surface area contributed by atoms with Gasteiger partial charge < -0.3 is 9.84 Å². The smallest absolute Gasteiger partial charge is 0.311 e. The maximum absolute atomic E-state index is 13.0. The highest BCUT2D eigenvalue weighted by Gasteiger charge is 2.16. The lowest BCUT2D eigenvalue weighted by molar-refractivity contribution is -0.386. The van der Waals surface area contributed by atoms with Crippen LogP contribution in [0.4, 0.5) is 20.2 Å². The van der Waals surface area contributed by atoms with Gasteiger partial charge in [-0.25, -0.2) is 8.78 Å². The molecule has 0 saturated carbocycles. The monoisotopic (exact) mass is 404 g/mol. The molecule has 0 radical (unpaired) electrons. The summed E-state index contributed by atoms with van der Waals surface area (Å²) in [6.07, 6.45) is 0. The highest BCUT2D eigenvalue weighted by Crippen LogP contribution is 2.28. The number of rotatable bonds is 5. The van der Waals surface area contributed by atoms with Gasteiger partial charge in [-0.2, -0.15) is 0 Å². The second kappa shape index (κ2) is 9.74. The van der Waals surface area contributed by atoms with Gasteiger partial charge in [-0.3, -0.25) is 20.2 Å². The SMILES string of the molecule is O=[N+]([O-])c1ccc(F)cc1O.O=[N+]([O-])c1ccc(F)cc1OCc1ccccc1. The van der Waals surface area contributed by atoms with Gasteiger partial charge in [0.25, 0.3) is 0 Å². The molecule has 0 saturated heterocycles. The molecule has 0 bridgehead atoms. The average Bonchev–Trinajstić information content (AvgIpc) is 2.67. The molecule has 1 N–H and O–H groups in total. The predicted molar refractivity (Wildman–Crippen MR) is 98.5 cm³/mol. The Morgan fingerprint density at radius 1 is 0.828 bits per heavy atom. The molecule has 10 heteroatoms. The zero-order valence-corrected chi connectivity index (χ0v) is 14.7. The number of nitro groups is 2. The topological polar surface area (TPSA) is 116 Å². The second-order valence-corrected chi connectivity index (χ2v) is 5.53. The minimum Gasteiger partial charge on any atom is -0.502 e. The van der Waals surface area contributed by atoms with Gasteiger partial charge in [0.15, 0.2) is 11.5 Å². The van der Waals surface area contributed by atoms with Crippen LogP contribution in [0.5, 0.6) is 11.5 Å². The molecule has 8 nitrogen and oxygen atoms in total. The van der Waals surface area contributed by atoms with Crippen LogP contribution in [-0.2, 0) is 6.61 Å². The maximum Gasteiger partial charge on any atom is 0.311 e. The van der Waals surface area contributed by atoms with Crippen molar-refractivity contribution in [1.82, 2.24) is 0 Å². The molecule has 3 rings (SSSR count). The summed E-state index contributed by atoms with van der Waals surface area (Å²) in [4.78, 5) is 19.4. The number of hydrogen-bond acceptors (Lipinski definition) is 6. The van der Waals surface area contributed by atoms with Crippen molar-refractivity contribution in [2.75, 3.05) is 0 Å². The highest BCUT2D eigenvalue weighted by atomic mass is 19.1. The van der Waals surface area contributed by atoms with Crippen molar-refractivity contribution >= 4 is 11.4 Å². The zero-order valence-electron chi connectivity index (χ0n) is 14.7. The summed E-state index contributed by atoms with van der Waals surface area (Å²) in [6.45, 7) is 0.158. The van der Waals surface area contributed by atoms with Crippen LogP contribution in [-0.4, -0.2) is 15.0 Å². The molecule has 29 heavy (non-hydrogen) atoms. The number of aromatic hydroxyl groups is 1. The first-order valence-electron chi connectivity index (χ1n) is 8.01. The zero-order chi connectivity index (χ0) is 21.4. The van der Waals surface area contributed by atoms with Crippen LogP contribution in [0.1, 0.15) is 5.56 Å². The number of halogens is 2. The molecule has 0 heterocycles. The van der Waals surface area contributed by atoms with E-state index < -0.39 is 32.9 Å². The molecule has 0 aliphatic carbocycles. The first kappa shape index (κ1) is 21.2. The van der Waals surface area contributed by atoms with Gasteiger partial charge in [-0.05, 0) is 17.7 Å². The van der Waals surface area contributed by atoms with Gasteiger partial charge >= 0.3 is 11.4 Å². The number of phenols is 1. The van der Waals surface area contributed by atoms with E-state index in [2.05, 4.69) is 0 Å². The third-order valence-corrected chi connectivity index (χ3v) is 3.49. The Hall–Kier alpha value is -4.08. The van der Waals surface area contributed by atoms with E-state index in [-0.39, 0.29) is 18.0 Å². The molecule has 0 amide bonds. The molecule has 3 aromatic carbocycles. The number of nitro benzene ring substituents is 2. The van der Waals surface area contributed by atoms with Crippen LogP contribution >= 0.6 is 0 Å².